The number of anilines is 1. The fourth-order valence-electron chi connectivity index (χ4n) is 1.73. The minimum Gasteiger partial charge on any atom is -0.383 e. The van der Waals surface area contributed by atoms with Crippen LogP contribution in [0.3, 0.4) is 0 Å². The predicted octanol–water partition coefficient (Wildman–Crippen LogP) is 3.96. The third kappa shape index (κ3) is 2.83. The second-order valence-corrected chi connectivity index (χ2v) is 6.04. The van der Waals surface area contributed by atoms with Crippen molar-refractivity contribution in [1.29, 1.82) is 0 Å². The fraction of sp³-hybridized carbons (Fsp3) is 0.0833. The molecular weight excluding hydrogens is 383 g/mol. The summed E-state index contributed by atoms with van der Waals surface area (Å²) in [6, 6.07) is 1.72. The highest BCUT2D eigenvalue weighted by molar-refractivity contribution is 9.10. The number of nitrogens with zero attached hydrogens (tertiary/aromatic N) is 3. The van der Waals surface area contributed by atoms with Gasteiger partial charge in [0.2, 0.25) is 0 Å². The summed E-state index contributed by atoms with van der Waals surface area (Å²) in [6.07, 6.45) is -1.51. The molecule has 0 aliphatic rings. The van der Waals surface area contributed by atoms with Gasteiger partial charge in [0, 0.05) is 16.0 Å². The highest BCUT2D eigenvalue weighted by atomic mass is 79.9. The molecule has 0 atom stereocenters. The predicted molar refractivity (Wildman–Crippen MR) is 80.0 cm³/mol. The van der Waals surface area contributed by atoms with Crippen LogP contribution in [0.4, 0.5) is 19.0 Å². The van der Waals surface area contributed by atoms with E-state index in [2.05, 4.69) is 35.9 Å². The lowest BCUT2D eigenvalue weighted by atomic mass is 10.2. The fourth-order valence-corrected chi connectivity index (χ4v) is 2.86. The van der Waals surface area contributed by atoms with E-state index in [4.69, 9.17) is 5.73 Å². The third-order valence-corrected chi connectivity index (χ3v) is 4.05. The number of pyridine rings is 1. The zero-order valence-corrected chi connectivity index (χ0v) is 13.1. The molecule has 0 amide bonds. The van der Waals surface area contributed by atoms with Crippen LogP contribution in [-0.4, -0.2) is 19.9 Å². The average molecular weight is 390 g/mol. The molecule has 0 aromatic carbocycles. The van der Waals surface area contributed by atoms with Crippen molar-refractivity contribution in [2.45, 2.75) is 6.18 Å². The Morgan fingerprint density at radius 2 is 2.00 bits per heavy atom. The van der Waals surface area contributed by atoms with E-state index in [1.807, 2.05) is 0 Å². The summed E-state index contributed by atoms with van der Waals surface area (Å²) in [5.74, 6) is 0.671. The topological polar surface area (TPSA) is 80.5 Å². The molecule has 0 saturated carbocycles. The Balaban J connectivity index is 1.97. The van der Waals surface area contributed by atoms with Crippen molar-refractivity contribution >= 4 is 33.1 Å². The highest BCUT2D eigenvalue weighted by Crippen LogP contribution is 2.34. The van der Waals surface area contributed by atoms with Gasteiger partial charge in [-0.1, -0.05) is 0 Å². The molecule has 114 valence electrons. The normalized spacial score (nSPS) is 11.8. The Morgan fingerprint density at radius 3 is 2.68 bits per heavy atom. The number of aromatic nitrogens is 4. The zero-order chi connectivity index (χ0) is 15.9. The molecular formula is C12H7BrF3N5S. The Kier molecular flexibility index (Phi) is 3.65. The molecule has 10 heteroatoms. The number of nitrogens with one attached hydrogen (secondary N) is 1. The number of hydrogen-bond acceptors (Lipinski definition) is 5. The second kappa shape index (κ2) is 5.36. The molecule has 0 aliphatic heterocycles. The van der Waals surface area contributed by atoms with Gasteiger partial charge in [0.15, 0.2) is 5.69 Å². The molecule has 0 aliphatic carbocycles. The highest BCUT2D eigenvalue weighted by Gasteiger charge is 2.34. The Morgan fingerprint density at radius 1 is 1.23 bits per heavy atom. The lowest BCUT2D eigenvalue weighted by molar-refractivity contribution is -0.140. The number of nitrogen functional groups attached to an aromatic ring is 1. The number of H-pyrrole nitrogens is 1. The van der Waals surface area contributed by atoms with Gasteiger partial charge in [-0.2, -0.15) is 13.2 Å². The van der Waals surface area contributed by atoms with Crippen LogP contribution in [0.2, 0.25) is 0 Å². The van der Waals surface area contributed by atoms with E-state index in [0.29, 0.717) is 21.6 Å². The van der Waals surface area contributed by atoms with Crippen molar-refractivity contribution in [2.75, 3.05) is 5.73 Å². The number of thiazole rings is 1. The second-order valence-electron chi connectivity index (χ2n) is 4.27. The van der Waals surface area contributed by atoms with E-state index in [0.717, 1.165) is 16.7 Å². The summed E-state index contributed by atoms with van der Waals surface area (Å²) in [7, 11) is 0. The lowest BCUT2D eigenvalue weighted by Crippen LogP contribution is -2.04. The molecule has 3 aromatic rings. The van der Waals surface area contributed by atoms with Crippen molar-refractivity contribution in [2.24, 2.45) is 0 Å². The maximum absolute atomic E-state index is 12.6. The van der Waals surface area contributed by atoms with Crippen LogP contribution in [0.25, 0.3) is 22.1 Å². The standard InChI is InChI=1S/C12H7BrF3N5S/c13-5-1-6(9(17)18-2-5)10-19-3-7(20-10)11-21-8(4-22-11)12(14,15)16/h1-4H,(H2,17,18)(H,19,20). The van der Waals surface area contributed by atoms with Crippen LogP contribution < -0.4 is 5.73 Å². The monoisotopic (exact) mass is 389 g/mol. The van der Waals surface area contributed by atoms with E-state index < -0.39 is 11.9 Å². The SMILES string of the molecule is Nc1ncc(Br)cc1-c1ncc(-c2nc(C(F)(F)F)cs2)[nH]1. The van der Waals surface area contributed by atoms with Crippen LogP contribution in [-0.2, 0) is 6.18 Å². The minimum atomic E-state index is -4.46. The number of nitrogens with two attached hydrogens (primary N) is 1. The number of imidazole rings is 1. The van der Waals surface area contributed by atoms with Gasteiger partial charge in [0.05, 0.1) is 17.5 Å². The Labute approximate surface area is 134 Å². The van der Waals surface area contributed by atoms with Crippen molar-refractivity contribution < 1.29 is 13.2 Å². The van der Waals surface area contributed by atoms with Gasteiger partial charge in [-0.15, -0.1) is 11.3 Å². The molecule has 22 heavy (non-hydrogen) atoms. The molecule has 3 heterocycles. The van der Waals surface area contributed by atoms with Crippen LogP contribution in [0, 0.1) is 0 Å². The van der Waals surface area contributed by atoms with Gasteiger partial charge in [-0.05, 0) is 22.0 Å². The smallest absolute Gasteiger partial charge is 0.383 e. The Bertz CT molecular complexity index is 826. The number of hydrogen-bond donors (Lipinski definition) is 2. The molecule has 0 unspecified atom stereocenters. The van der Waals surface area contributed by atoms with Crippen LogP contribution >= 0.6 is 27.3 Å². The largest absolute Gasteiger partial charge is 0.434 e. The Hall–Kier alpha value is -1.94. The van der Waals surface area contributed by atoms with Gasteiger partial charge in [0.1, 0.15) is 16.6 Å². The number of aromatic amines is 1. The van der Waals surface area contributed by atoms with Gasteiger partial charge in [-0.25, -0.2) is 15.0 Å². The molecule has 3 N–H and O–H groups in total. The van der Waals surface area contributed by atoms with Crippen LogP contribution in [0.15, 0.2) is 28.3 Å². The van der Waals surface area contributed by atoms with Crippen LogP contribution in [0.5, 0.6) is 0 Å². The lowest BCUT2D eigenvalue weighted by Gasteiger charge is -2.01. The van der Waals surface area contributed by atoms with Crippen molar-refractivity contribution in [1.82, 2.24) is 19.9 Å². The summed E-state index contributed by atoms with van der Waals surface area (Å²) in [4.78, 5) is 14.6. The van der Waals surface area contributed by atoms with Gasteiger partial charge < -0.3 is 10.7 Å². The van der Waals surface area contributed by atoms with E-state index >= 15 is 0 Å². The first-order chi connectivity index (χ1) is 10.3. The maximum atomic E-state index is 12.6. The quantitative estimate of drug-likeness (QED) is 0.694. The number of rotatable bonds is 2. The average Bonchev–Trinajstić information content (AvgIpc) is 3.08. The maximum Gasteiger partial charge on any atom is 0.434 e. The summed E-state index contributed by atoms with van der Waals surface area (Å²) in [5.41, 5.74) is 5.79. The summed E-state index contributed by atoms with van der Waals surface area (Å²) in [6.45, 7) is 0. The van der Waals surface area contributed by atoms with E-state index in [-0.39, 0.29) is 10.8 Å². The molecule has 0 saturated heterocycles. The number of alkyl halides is 3. The zero-order valence-electron chi connectivity index (χ0n) is 10.6. The van der Waals surface area contributed by atoms with Gasteiger partial charge in [0.25, 0.3) is 0 Å². The molecule has 0 fully saturated rings. The van der Waals surface area contributed by atoms with Crippen molar-refractivity contribution in [3.8, 4) is 22.1 Å². The first-order valence-electron chi connectivity index (χ1n) is 5.84. The summed E-state index contributed by atoms with van der Waals surface area (Å²) in [5, 5.41) is 1.16. The first-order valence-corrected chi connectivity index (χ1v) is 7.51. The molecule has 0 bridgehead atoms. The molecule has 0 spiro atoms. The summed E-state index contributed by atoms with van der Waals surface area (Å²) >= 11 is 4.16. The van der Waals surface area contributed by atoms with E-state index in [9.17, 15) is 13.2 Å². The third-order valence-electron chi connectivity index (χ3n) is 2.74. The van der Waals surface area contributed by atoms with Gasteiger partial charge >= 0.3 is 6.18 Å². The van der Waals surface area contributed by atoms with Crippen LogP contribution in [0.1, 0.15) is 5.69 Å². The van der Waals surface area contributed by atoms with Gasteiger partial charge in [-0.3, -0.25) is 0 Å². The summed E-state index contributed by atoms with van der Waals surface area (Å²) < 4.78 is 38.4. The first kappa shape index (κ1) is 15.0. The van der Waals surface area contributed by atoms with Crippen molar-refractivity contribution in [3.05, 3.63) is 34.0 Å². The van der Waals surface area contributed by atoms with E-state index in [1.54, 1.807) is 12.3 Å². The molecule has 5 nitrogen and oxygen atoms in total. The molecule has 0 radical (unpaired) electrons. The van der Waals surface area contributed by atoms with Crippen molar-refractivity contribution in [3.63, 3.8) is 0 Å². The number of halogens is 4. The molecule has 3 aromatic heterocycles. The van der Waals surface area contributed by atoms with E-state index in [1.165, 1.54) is 6.20 Å². The minimum absolute atomic E-state index is 0.201. The molecule has 3 rings (SSSR count).